The SMILES string of the molecule is CCC1(C(F)(F)F)C=Cc2cc(O)ccc2O1. The Morgan fingerprint density at radius 3 is 2.65 bits per heavy atom. The number of halogens is 3. The highest BCUT2D eigenvalue weighted by molar-refractivity contribution is 5.63. The van der Waals surface area contributed by atoms with Crippen LogP contribution >= 0.6 is 0 Å². The largest absolute Gasteiger partial charge is 0.508 e. The molecule has 92 valence electrons. The van der Waals surface area contributed by atoms with Crippen LogP contribution in [-0.4, -0.2) is 16.9 Å². The molecule has 1 N–H and O–H groups in total. The summed E-state index contributed by atoms with van der Waals surface area (Å²) in [5.74, 6) is 0.123. The van der Waals surface area contributed by atoms with Crippen molar-refractivity contribution >= 4 is 6.08 Å². The highest BCUT2D eigenvalue weighted by Crippen LogP contribution is 2.43. The van der Waals surface area contributed by atoms with Crippen LogP contribution in [0.1, 0.15) is 18.9 Å². The molecule has 0 fully saturated rings. The van der Waals surface area contributed by atoms with Crippen molar-refractivity contribution in [2.45, 2.75) is 25.1 Å². The van der Waals surface area contributed by atoms with Gasteiger partial charge in [-0.05, 0) is 30.7 Å². The molecular weight excluding hydrogens is 233 g/mol. The van der Waals surface area contributed by atoms with Crippen molar-refractivity contribution in [3.8, 4) is 11.5 Å². The number of alkyl halides is 3. The molecule has 0 spiro atoms. The molecule has 5 heteroatoms. The molecule has 0 saturated carbocycles. The van der Waals surface area contributed by atoms with Gasteiger partial charge in [-0.2, -0.15) is 13.2 Å². The molecule has 1 atom stereocenters. The third-order valence-electron chi connectivity index (χ3n) is 2.82. The summed E-state index contributed by atoms with van der Waals surface area (Å²) in [4.78, 5) is 0. The Kier molecular flexibility index (Phi) is 2.56. The maximum absolute atomic E-state index is 12.9. The van der Waals surface area contributed by atoms with E-state index in [0.29, 0.717) is 5.56 Å². The van der Waals surface area contributed by atoms with E-state index >= 15 is 0 Å². The number of phenols is 1. The van der Waals surface area contributed by atoms with Gasteiger partial charge in [-0.1, -0.05) is 13.0 Å². The molecule has 0 aromatic heterocycles. The molecule has 2 rings (SSSR count). The highest BCUT2D eigenvalue weighted by atomic mass is 19.4. The van der Waals surface area contributed by atoms with Crippen LogP contribution in [-0.2, 0) is 0 Å². The van der Waals surface area contributed by atoms with Gasteiger partial charge in [-0.3, -0.25) is 0 Å². The Morgan fingerprint density at radius 2 is 2.06 bits per heavy atom. The zero-order valence-corrected chi connectivity index (χ0v) is 9.08. The lowest BCUT2D eigenvalue weighted by atomic mass is 9.95. The third-order valence-corrected chi connectivity index (χ3v) is 2.82. The summed E-state index contributed by atoms with van der Waals surface area (Å²) in [6, 6.07) is 4.00. The lowest BCUT2D eigenvalue weighted by Crippen LogP contribution is -2.49. The number of phenolic OH excluding ortho intramolecular Hbond substituents is 1. The predicted octanol–water partition coefficient (Wildman–Crippen LogP) is 3.51. The first-order valence-corrected chi connectivity index (χ1v) is 5.16. The average molecular weight is 244 g/mol. The first-order valence-electron chi connectivity index (χ1n) is 5.16. The van der Waals surface area contributed by atoms with E-state index in [1.165, 1.54) is 31.2 Å². The molecule has 0 amide bonds. The Balaban J connectivity index is 2.45. The maximum atomic E-state index is 12.9. The Labute approximate surface area is 96.3 Å². The number of rotatable bonds is 1. The van der Waals surface area contributed by atoms with Crippen LogP contribution in [0.3, 0.4) is 0 Å². The summed E-state index contributed by atoms with van der Waals surface area (Å²) >= 11 is 0. The fourth-order valence-corrected chi connectivity index (χ4v) is 1.76. The highest BCUT2D eigenvalue weighted by Gasteiger charge is 2.55. The second-order valence-corrected chi connectivity index (χ2v) is 3.90. The molecule has 1 aromatic carbocycles. The minimum atomic E-state index is -4.46. The second-order valence-electron chi connectivity index (χ2n) is 3.90. The van der Waals surface area contributed by atoms with E-state index in [9.17, 15) is 18.3 Å². The molecule has 17 heavy (non-hydrogen) atoms. The van der Waals surface area contributed by atoms with Crippen LogP contribution in [0.15, 0.2) is 24.3 Å². The summed E-state index contributed by atoms with van der Waals surface area (Å²) < 4.78 is 43.9. The third kappa shape index (κ3) is 1.85. The molecular formula is C12H11F3O2. The average Bonchev–Trinajstić information content (AvgIpc) is 2.27. The van der Waals surface area contributed by atoms with Gasteiger partial charge >= 0.3 is 6.18 Å². The number of hydrogen-bond donors (Lipinski definition) is 1. The van der Waals surface area contributed by atoms with Crippen LogP contribution in [0.4, 0.5) is 13.2 Å². The molecule has 1 unspecified atom stereocenters. The normalized spacial score (nSPS) is 23.1. The van der Waals surface area contributed by atoms with Gasteiger partial charge in [0.1, 0.15) is 11.5 Å². The summed E-state index contributed by atoms with van der Waals surface area (Å²) in [6.45, 7) is 1.42. The lowest BCUT2D eigenvalue weighted by Gasteiger charge is -2.35. The first-order chi connectivity index (χ1) is 7.88. The van der Waals surface area contributed by atoms with Crippen LogP contribution < -0.4 is 4.74 Å². The topological polar surface area (TPSA) is 29.5 Å². The van der Waals surface area contributed by atoms with Gasteiger partial charge in [-0.15, -0.1) is 0 Å². The number of benzene rings is 1. The van der Waals surface area contributed by atoms with Crippen LogP contribution in [0.25, 0.3) is 6.08 Å². The first kappa shape index (κ1) is 11.8. The minimum absolute atomic E-state index is 0.00647. The Morgan fingerprint density at radius 1 is 1.35 bits per heavy atom. The van der Waals surface area contributed by atoms with Crippen molar-refractivity contribution in [1.29, 1.82) is 0 Å². The van der Waals surface area contributed by atoms with E-state index < -0.39 is 11.8 Å². The fourth-order valence-electron chi connectivity index (χ4n) is 1.76. The van der Waals surface area contributed by atoms with E-state index in [-0.39, 0.29) is 17.9 Å². The van der Waals surface area contributed by atoms with Gasteiger partial charge < -0.3 is 9.84 Å². The van der Waals surface area contributed by atoms with Gasteiger partial charge in [0.25, 0.3) is 0 Å². The van der Waals surface area contributed by atoms with Crippen molar-refractivity contribution in [3.05, 3.63) is 29.8 Å². The van der Waals surface area contributed by atoms with E-state index in [2.05, 4.69) is 0 Å². The smallest absolute Gasteiger partial charge is 0.432 e. The van der Waals surface area contributed by atoms with E-state index in [1.54, 1.807) is 0 Å². The Bertz CT molecular complexity index is 465. The fraction of sp³-hybridized carbons (Fsp3) is 0.333. The lowest BCUT2D eigenvalue weighted by molar-refractivity contribution is -0.230. The predicted molar refractivity (Wildman–Crippen MR) is 56.8 cm³/mol. The van der Waals surface area contributed by atoms with Crippen LogP contribution in [0.2, 0.25) is 0 Å². The van der Waals surface area contributed by atoms with Crippen molar-refractivity contribution in [1.82, 2.24) is 0 Å². The molecule has 1 aliphatic rings. The van der Waals surface area contributed by atoms with Gasteiger partial charge in [0.15, 0.2) is 0 Å². The zero-order valence-electron chi connectivity index (χ0n) is 9.08. The maximum Gasteiger partial charge on any atom is 0.432 e. The Hall–Kier alpha value is -1.65. The summed E-state index contributed by atoms with van der Waals surface area (Å²) in [5.41, 5.74) is -1.82. The molecule has 1 heterocycles. The molecule has 1 aliphatic heterocycles. The number of ether oxygens (including phenoxy) is 1. The summed E-state index contributed by atoms with van der Waals surface area (Å²) in [7, 11) is 0. The van der Waals surface area contributed by atoms with Gasteiger partial charge in [0.2, 0.25) is 5.60 Å². The van der Waals surface area contributed by atoms with Crippen molar-refractivity contribution in [2.75, 3.05) is 0 Å². The molecule has 0 saturated heterocycles. The number of aromatic hydroxyl groups is 1. The molecule has 1 aromatic rings. The van der Waals surface area contributed by atoms with Crippen LogP contribution in [0.5, 0.6) is 11.5 Å². The van der Waals surface area contributed by atoms with Gasteiger partial charge in [0.05, 0.1) is 0 Å². The van der Waals surface area contributed by atoms with Gasteiger partial charge in [0, 0.05) is 5.56 Å². The molecule has 0 radical (unpaired) electrons. The monoisotopic (exact) mass is 244 g/mol. The van der Waals surface area contributed by atoms with Crippen LogP contribution in [0, 0.1) is 0 Å². The minimum Gasteiger partial charge on any atom is -0.508 e. The zero-order chi connectivity index (χ0) is 12.7. The second kappa shape index (κ2) is 3.68. The van der Waals surface area contributed by atoms with Gasteiger partial charge in [-0.25, -0.2) is 0 Å². The number of fused-ring (bicyclic) bond motifs is 1. The molecule has 0 bridgehead atoms. The molecule has 2 nitrogen and oxygen atoms in total. The standard InChI is InChI=1S/C12H11F3O2/c1-2-11(12(13,14)15)6-5-8-7-9(16)3-4-10(8)17-11/h3-7,16H,2H2,1H3. The summed E-state index contributed by atoms with van der Waals surface area (Å²) in [6.07, 6.45) is -2.34. The van der Waals surface area contributed by atoms with E-state index in [4.69, 9.17) is 4.74 Å². The van der Waals surface area contributed by atoms with E-state index in [1.807, 2.05) is 0 Å². The molecule has 0 aliphatic carbocycles. The van der Waals surface area contributed by atoms with Crippen molar-refractivity contribution in [2.24, 2.45) is 0 Å². The number of hydrogen-bond acceptors (Lipinski definition) is 2. The summed E-state index contributed by atoms with van der Waals surface area (Å²) in [5, 5.41) is 9.22. The van der Waals surface area contributed by atoms with Crippen molar-refractivity contribution in [3.63, 3.8) is 0 Å². The van der Waals surface area contributed by atoms with Crippen molar-refractivity contribution < 1.29 is 23.0 Å². The quantitative estimate of drug-likeness (QED) is 0.819. The van der Waals surface area contributed by atoms with E-state index in [0.717, 1.165) is 6.08 Å².